The van der Waals surface area contributed by atoms with Crippen LogP contribution in [0.1, 0.15) is 12.8 Å². The zero-order chi connectivity index (χ0) is 14.3. The highest BCUT2D eigenvalue weighted by atomic mass is 32.2. The molecule has 5 N–H and O–H groups in total. The number of aliphatic carboxylic acids is 2. The van der Waals surface area contributed by atoms with E-state index in [0.717, 1.165) is 0 Å². The minimum absolute atomic E-state index is 0.0945. The molecule has 0 saturated carbocycles. The number of hydrogen-bond donors (Lipinski definition) is 4. The predicted molar refractivity (Wildman–Crippen MR) is 63.3 cm³/mol. The van der Waals surface area contributed by atoms with E-state index in [9.17, 15) is 18.6 Å². The van der Waals surface area contributed by atoms with E-state index in [2.05, 4.69) is 5.32 Å². The molecule has 0 aromatic rings. The zero-order valence-corrected chi connectivity index (χ0v) is 10.6. The van der Waals surface area contributed by atoms with Gasteiger partial charge in [0.15, 0.2) is 0 Å². The molecule has 104 valence electrons. The SMILES string of the molecule is CS(=O)C[C@H](NC(=O)CC[C@H](N)C(=O)O)C(=O)O. The van der Waals surface area contributed by atoms with E-state index in [1.54, 1.807) is 0 Å². The lowest BCUT2D eigenvalue weighted by Gasteiger charge is -2.13. The van der Waals surface area contributed by atoms with E-state index in [1.807, 2.05) is 0 Å². The molecule has 0 aliphatic rings. The Balaban J connectivity index is 4.22. The summed E-state index contributed by atoms with van der Waals surface area (Å²) in [5, 5.41) is 19.4. The molecule has 18 heavy (non-hydrogen) atoms. The van der Waals surface area contributed by atoms with E-state index in [4.69, 9.17) is 15.9 Å². The molecule has 0 heterocycles. The number of carbonyl (C=O) groups is 3. The Morgan fingerprint density at radius 3 is 2.22 bits per heavy atom. The monoisotopic (exact) mass is 280 g/mol. The second kappa shape index (κ2) is 7.77. The lowest BCUT2D eigenvalue weighted by Crippen LogP contribution is -2.44. The Labute approximate surface area is 106 Å². The van der Waals surface area contributed by atoms with Crippen molar-refractivity contribution in [3.8, 4) is 0 Å². The molecule has 9 heteroatoms. The Kier molecular flexibility index (Phi) is 7.13. The molecule has 1 unspecified atom stereocenters. The summed E-state index contributed by atoms with van der Waals surface area (Å²) in [4.78, 5) is 32.5. The minimum atomic E-state index is -1.37. The molecule has 3 atom stereocenters. The maximum Gasteiger partial charge on any atom is 0.327 e. The van der Waals surface area contributed by atoms with Crippen molar-refractivity contribution in [1.82, 2.24) is 5.32 Å². The van der Waals surface area contributed by atoms with Gasteiger partial charge in [-0.15, -0.1) is 0 Å². The van der Waals surface area contributed by atoms with E-state index in [-0.39, 0.29) is 18.6 Å². The van der Waals surface area contributed by atoms with Crippen LogP contribution in [0.15, 0.2) is 0 Å². The highest BCUT2D eigenvalue weighted by Gasteiger charge is 2.22. The van der Waals surface area contributed by atoms with Gasteiger partial charge in [-0.05, 0) is 6.42 Å². The molecule has 0 bridgehead atoms. The van der Waals surface area contributed by atoms with Crippen LogP contribution in [0.2, 0.25) is 0 Å². The van der Waals surface area contributed by atoms with Gasteiger partial charge in [0.2, 0.25) is 5.91 Å². The van der Waals surface area contributed by atoms with Gasteiger partial charge < -0.3 is 21.3 Å². The summed E-state index contributed by atoms with van der Waals surface area (Å²) in [5.74, 6) is -3.36. The van der Waals surface area contributed by atoms with Crippen LogP contribution in [0, 0.1) is 0 Å². The standard InChI is InChI=1S/C9H16N2O6S/c1-18(17)4-6(9(15)16)11-7(12)3-2-5(10)8(13)14/h5-6H,2-4,10H2,1H3,(H,11,12)(H,13,14)(H,15,16)/t5-,6-,18?/m0/s1. The first-order valence-corrected chi connectivity index (χ1v) is 6.77. The number of carboxylic acid groups (broad SMARTS) is 2. The summed E-state index contributed by atoms with van der Waals surface area (Å²) in [6.07, 6.45) is 1.03. The fraction of sp³-hybridized carbons (Fsp3) is 0.667. The van der Waals surface area contributed by atoms with Crippen LogP contribution in [0.5, 0.6) is 0 Å². The van der Waals surface area contributed by atoms with Crippen LogP contribution in [0.3, 0.4) is 0 Å². The summed E-state index contributed by atoms with van der Waals surface area (Å²) < 4.78 is 10.9. The summed E-state index contributed by atoms with van der Waals surface area (Å²) in [5.41, 5.74) is 5.19. The van der Waals surface area contributed by atoms with Gasteiger partial charge in [-0.1, -0.05) is 0 Å². The normalized spacial score (nSPS) is 15.4. The van der Waals surface area contributed by atoms with Gasteiger partial charge in [0.05, 0.1) is 5.75 Å². The van der Waals surface area contributed by atoms with Gasteiger partial charge in [0.25, 0.3) is 0 Å². The Morgan fingerprint density at radius 1 is 1.28 bits per heavy atom. The smallest absolute Gasteiger partial charge is 0.327 e. The summed E-state index contributed by atoms with van der Waals surface area (Å²) in [6.45, 7) is 0. The van der Waals surface area contributed by atoms with Crippen molar-refractivity contribution in [2.75, 3.05) is 12.0 Å². The number of nitrogens with two attached hydrogens (primary N) is 1. The maximum atomic E-state index is 11.3. The second-order valence-electron chi connectivity index (χ2n) is 3.68. The number of nitrogens with one attached hydrogen (secondary N) is 1. The van der Waals surface area contributed by atoms with Crippen molar-refractivity contribution in [2.45, 2.75) is 24.9 Å². The minimum Gasteiger partial charge on any atom is -0.480 e. The van der Waals surface area contributed by atoms with Gasteiger partial charge in [0, 0.05) is 23.5 Å². The summed E-state index contributed by atoms with van der Waals surface area (Å²) in [6, 6.07) is -2.41. The molecular weight excluding hydrogens is 264 g/mol. The lowest BCUT2D eigenvalue weighted by atomic mass is 10.1. The molecule has 0 fully saturated rings. The summed E-state index contributed by atoms with van der Waals surface area (Å²) in [7, 11) is -1.37. The first kappa shape index (κ1) is 16.5. The van der Waals surface area contributed by atoms with E-state index in [1.165, 1.54) is 6.26 Å². The van der Waals surface area contributed by atoms with Crippen molar-refractivity contribution < 1.29 is 28.8 Å². The molecule has 0 radical (unpaired) electrons. The van der Waals surface area contributed by atoms with Crippen molar-refractivity contribution >= 4 is 28.6 Å². The predicted octanol–water partition coefficient (Wildman–Crippen LogP) is -1.87. The van der Waals surface area contributed by atoms with Crippen LogP contribution >= 0.6 is 0 Å². The maximum absolute atomic E-state index is 11.3. The summed E-state index contributed by atoms with van der Waals surface area (Å²) >= 11 is 0. The Bertz CT molecular complexity index is 359. The largest absolute Gasteiger partial charge is 0.480 e. The fourth-order valence-corrected chi connectivity index (χ4v) is 1.78. The van der Waals surface area contributed by atoms with Crippen LogP contribution in [0.25, 0.3) is 0 Å². The molecule has 8 nitrogen and oxygen atoms in total. The van der Waals surface area contributed by atoms with Gasteiger partial charge in [-0.25, -0.2) is 4.79 Å². The number of carbonyl (C=O) groups excluding carboxylic acids is 1. The zero-order valence-electron chi connectivity index (χ0n) is 9.79. The average molecular weight is 280 g/mol. The molecule has 0 aromatic carbocycles. The average Bonchev–Trinajstić information content (AvgIpc) is 2.23. The van der Waals surface area contributed by atoms with Gasteiger partial charge in [-0.2, -0.15) is 0 Å². The molecule has 0 aromatic heterocycles. The highest BCUT2D eigenvalue weighted by molar-refractivity contribution is 7.84. The molecule has 0 rings (SSSR count). The Hall–Kier alpha value is -1.48. The van der Waals surface area contributed by atoms with Crippen molar-refractivity contribution in [3.05, 3.63) is 0 Å². The third kappa shape index (κ3) is 6.97. The third-order valence-corrected chi connectivity index (χ3v) is 2.84. The van der Waals surface area contributed by atoms with E-state index >= 15 is 0 Å². The second-order valence-corrected chi connectivity index (χ2v) is 5.16. The number of rotatable bonds is 8. The van der Waals surface area contributed by atoms with Crippen molar-refractivity contribution in [3.63, 3.8) is 0 Å². The van der Waals surface area contributed by atoms with Crippen LogP contribution < -0.4 is 11.1 Å². The van der Waals surface area contributed by atoms with Gasteiger partial charge in [0.1, 0.15) is 12.1 Å². The van der Waals surface area contributed by atoms with Crippen molar-refractivity contribution in [1.29, 1.82) is 0 Å². The first-order valence-electron chi connectivity index (χ1n) is 5.04. The number of hydrogen-bond acceptors (Lipinski definition) is 5. The molecule has 0 aliphatic heterocycles. The lowest BCUT2D eigenvalue weighted by molar-refractivity contribution is -0.141. The van der Waals surface area contributed by atoms with E-state index in [0.29, 0.717) is 0 Å². The van der Waals surface area contributed by atoms with E-state index < -0.39 is 40.7 Å². The quantitative estimate of drug-likeness (QED) is 0.407. The van der Waals surface area contributed by atoms with Gasteiger partial charge >= 0.3 is 11.9 Å². The van der Waals surface area contributed by atoms with Crippen LogP contribution in [-0.2, 0) is 25.2 Å². The van der Waals surface area contributed by atoms with Gasteiger partial charge in [-0.3, -0.25) is 13.8 Å². The van der Waals surface area contributed by atoms with Crippen LogP contribution in [0.4, 0.5) is 0 Å². The molecule has 1 amide bonds. The molecule has 0 saturated heterocycles. The van der Waals surface area contributed by atoms with Crippen LogP contribution in [-0.4, -0.2) is 56.4 Å². The third-order valence-electron chi connectivity index (χ3n) is 2.03. The molecule has 0 aliphatic carbocycles. The number of amides is 1. The van der Waals surface area contributed by atoms with Crippen molar-refractivity contribution in [2.24, 2.45) is 5.73 Å². The molecule has 0 spiro atoms. The highest BCUT2D eigenvalue weighted by Crippen LogP contribution is 1.97. The number of carboxylic acids is 2. The molecular formula is C9H16N2O6S. The first-order chi connectivity index (χ1) is 8.23. The Morgan fingerprint density at radius 2 is 1.83 bits per heavy atom. The topological polar surface area (TPSA) is 147 Å². The fourth-order valence-electron chi connectivity index (χ4n) is 1.09.